The summed E-state index contributed by atoms with van der Waals surface area (Å²) in [5.74, 6) is -0.194. The van der Waals surface area contributed by atoms with Gasteiger partial charge in [-0.3, -0.25) is 4.79 Å². The molecule has 0 aliphatic heterocycles. The van der Waals surface area contributed by atoms with Crippen molar-refractivity contribution in [3.05, 3.63) is 51.5 Å². The van der Waals surface area contributed by atoms with E-state index < -0.39 is 0 Å². The molecule has 1 heterocycles. The first-order valence-electron chi connectivity index (χ1n) is 5.84. The molecule has 1 amide bonds. The number of hydrogen-bond donors (Lipinski definition) is 1. The van der Waals surface area contributed by atoms with Gasteiger partial charge in [0.25, 0.3) is 5.91 Å². The van der Waals surface area contributed by atoms with E-state index in [9.17, 15) is 4.79 Å². The maximum absolute atomic E-state index is 12.3. The summed E-state index contributed by atoms with van der Waals surface area (Å²) >= 11 is 3.44. The number of anilines is 1. The Morgan fingerprint density at radius 1 is 1.16 bits per heavy atom. The quantitative estimate of drug-likeness (QED) is 0.922. The van der Waals surface area contributed by atoms with Crippen molar-refractivity contribution in [2.45, 2.75) is 20.8 Å². The van der Waals surface area contributed by atoms with Gasteiger partial charge in [-0.25, -0.2) is 9.97 Å². The van der Waals surface area contributed by atoms with E-state index in [1.807, 2.05) is 25.1 Å². The van der Waals surface area contributed by atoms with Crippen LogP contribution in [0.25, 0.3) is 0 Å². The molecular formula is C14H14BrN3O. The molecule has 0 unspecified atom stereocenters. The van der Waals surface area contributed by atoms with Gasteiger partial charge < -0.3 is 5.32 Å². The normalized spacial score (nSPS) is 10.3. The molecule has 0 saturated carbocycles. The molecule has 19 heavy (non-hydrogen) atoms. The Hall–Kier alpha value is -1.75. The fourth-order valence-corrected chi connectivity index (χ4v) is 2.42. The van der Waals surface area contributed by atoms with Crippen molar-refractivity contribution in [3.8, 4) is 0 Å². The topological polar surface area (TPSA) is 54.9 Å². The van der Waals surface area contributed by atoms with E-state index in [1.165, 1.54) is 6.33 Å². The molecule has 0 saturated heterocycles. The molecule has 1 aromatic carbocycles. The van der Waals surface area contributed by atoms with Crippen LogP contribution in [0.2, 0.25) is 0 Å². The highest BCUT2D eigenvalue weighted by molar-refractivity contribution is 9.10. The Morgan fingerprint density at radius 3 is 2.37 bits per heavy atom. The third kappa shape index (κ3) is 2.98. The van der Waals surface area contributed by atoms with Crippen molar-refractivity contribution < 1.29 is 4.79 Å². The number of halogens is 1. The average molecular weight is 320 g/mol. The molecule has 0 aliphatic carbocycles. The molecule has 2 aromatic rings. The standard InChI is InChI=1S/C14H14BrN3O/c1-8-4-5-12(11(15)6-8)18-14(19)13-9(2)16-7-17-10(13)3/h4-7H,1-3H3,(H,18,19). The Morgan fingerprint density at radius 2 is 1.79 bits per heavy atom. The second kappa shape index (κ2) is 5.48. The molecule has 1 N–H and O–H groups in total. The molecule has 0 fully saturated rings. The molecule has 0 atom stereocenters. The predicted molar refractivity (Wildman–Crippen MR) is 78.3 cm³/mol. The van der Waals surface area contributed by atoms with E-state index in [4.69, 9.17) is 0 Å². The highest BCUT2D eigenvalue weighted by Crippen LogP contribution is 2.24. The summed E-state index contributed by atoms with van der Waals surface area (Å²) in [6.45, 7) is 5.59. The van der Waals surface area contributed by atoms with Crippen LogP contribution in [-0.2, 0) is 0 Å². The highest BCUT2D eigenvalue weighted by Gasteiger charge is 2.15. The van der Waals surface area contributed by atoms with E-state index in [0.29, 0.717) is 17.0 Å². The van der Waals surface area contributed by atoms with Crippen LogP contribution in [0.4, 0.5) is 5.69 Å². The van der Waals surface area contributed by atoms with Gasteiger partial charge in [0, 0.05) is 4.47 Å². The van der Waals surface area contributed by atoms with Gasteiger partial charge in [0.15, 0.2) is 0 Å². The van der Waals surface area contributed by atoms with Crippen LogP contribution in [0, 0.1) is 20.8 Å². The molecule has 0 aliphatic rings. The van der Waals surface area contributed by atoms with Crippen LogP contribution < -0.4 is 5.32 Å². The summed E-state index contributed by atoms with van der Waals surface area (Å²) in [4.78, 5) is 20.4. The van der Waals surface area contributed by atoms with Gasteiger partial charge in [-0.2, -0.15) is 0 Å². The third-order valence-electron chi connectivity index (χ3n) is 2.83. The number of carbonyl (C=O) groups is 1. The van der Waals surface area contributed by atoms with E-state index in [-0.39, 0.29) is 5.91 Å². The van der Waals surface area contributed by atoms with E-state index in [0.717, 1.165) is 15.7 Å². The van der Waals surface area contributed by atoms with Crippen molar-refractivity contribution in [2.75, 3.05) is 5.32 Å². The molecular weight excluding hydrogens is 306 g/mol. The minimum atomic E-state index is -0.194. The largest absolute Gasteiger partial charge is 0.321 e. The number of amides is 1. The van der Waals surface area contributed by atoms with Crippen molar-refractivity contribution in [1.82, 2.24) is 9.97 Å². The number of aryl methyl sites for hydroxylation is 3. The summed E-state index contributed by atoms with van der Waals surface area (Å²) in [6.07, 6.45) is 1.46. The van der Waals surface area contributed by atoms with E-state index in [1.54, 1.807) is 13.8 Å². The monoisotopic (exact) mass is 319 g/mol. The SMILES string of the molecule is Cc1ccc(NC(=O)c2c(C)ncnc2C)c(Br)c1. The molecule has 5 heteroatoms. The van der Waals surface area contributed by atoms with Crippen molar-refractivity contribution in [3.63, 3.8) is 0 Å². The Balaban J connectivity index is 2.31. The maximum Gasteiger partial charge on any atom is 0.259 e. The molecule has 98 valence electrons. The zero-order valence-corrected chi connectivity index (χ0v) is 12.6. The molecule has 0 bridgehead atoms. The fraction of sp³-hybridized carbons (Fsp3) is 0.214. The molecule has 1 aromatic heterocycles. The second-order valence-corrected chi connectivity index (χ2v) is 5.21. The van der Waals surface area contributed by atoms with E-state index in [2.05, 4.69) is 31.2 Å². The van der Waals surface area contributed by atoms with E-state index >= 15 is 0 Å². The van der Waals surface area contributed by atoms with Gasteiger partial charge in [0.2, 0.25) is 0 Å². The first kappa shape index (κ1) is 13.7. The molecule has 0 spiro atoms. The van der Waals surface area contributed by atoms with Crippen LogP contribution in [-0.4, -0.2) is 15.9 Å². The number of carbonyl (C=O) groups excluding carboxylic acids is 1. The van der Waals surface area contributed by atoms with Crippen LogP contribution in [0.3, 0.4) is 0 Å². The lowest BCUT2D eigenvalue weighted by Crippen LogP contribution is -2.16. The Bertz CT molecular complexity index is 620. The highest BCUT2D eigenvalue weighted by atomic mass is 79.9. The second-order valence-electron chi connectivity index (χ2n) is 4.36. The third-order valence-corrected chi connectivity index (χ3v) is 3.48. The van der Waals surface area contributed by atoms with Crippen LogP contribution >= 0.6 is 15.9 Å². The Labute approximate surface area is 120 Å². The number of hydrogen-bond acceptors (Lipinski definition) is 3. The van der Waals surface area contributed by atoms with Crippen LogP contribution in [0.15, 0.2) is 29.0 Å². The van der Waals surface area contributed by atoms with Gasteiger partial charge in [-0.05, 0) is 54.4 Å². The zero-order valence-electron chi connectivity index (χ0n) is 11.0. The molecule has 2 rings (SSSR count). The van der Waals surface area contributed by atoms with Crippen LogP contribution in [0.5, 0.6) is 0 Å². The first-order valence-corrected chi connectivity index (χ1v) is 6.64. The summed E-state index contributed by atoms with van der Waals surface area (Å²) in [5.41, 5.74) is 3.73. The number of benzene rings is 1. The Kier molecular flexibility index (Phi) is 3.95. The van der Waals surface area contributed by atoms with Gasteiger partial charge in [0.05, 0.1) is 22.6 Å². The van der Waals surface area contributed by atoms with Gasteiger partial charge in [-0.1, -0.05) is 6.07 Å². The van der Waals surface area contributed by atoms with Crippen molar-refractivity contribution >= 4 is 27.5 Å². The average Bonchev–Trinajstić information content (AvgIpc) is 2.32. The maximum atomic E-state index is 12.3. The zero-order chi connectivity index (χ0) is 14.0. The molecule has 4 nitrogen and oxygen atoms in total. The minimum Gasteiger partial charge on any atom is -0.321 e. The lowest BCUT2D eigenvalue weighted by molar-refractivity contribution is 0.102. The summed E-state index contributed by atoms with van der Waals surface area (Å²) in [6, 6.07) is 5.77. The number of rotatable bonds is 2. The smallest absolute Gasteiger partial charge is 0.259 e. The van der Waals surface area contributed by atoms with Gasteiger partial charge in [0.1, 0.15) is 6.33 Å². The summed E-state index contributed by atoms with van der Waals surface area (Å²) in [7, 11) is 0. The van der Waals surface area contributed by atoms with Gasteiger partial charge >= 0.3 is 0 Å². The number of aromatic nitrogens is 2. The summed E-state index contributed by atoms with van der Waals surface area (Å²) < 4.78 is 0.855. The first-order chi connectivity index (χ1) is 8.99. The lowest BCUT2D eigenvalue weighted by Gasteiger charge is -2.10. The fourth-order valence-electron chi connectivity index (χ4n) is 1.83. The minimum absolute atomic E-state index is 0.194. The lowest BCUT2D eigenvalue weighted by atomic mass is 10.1. The van der Waals surface area contributed by atoms with Crippen LogP contribution in [0.1, 0.15) is 27.3 Å². The number of nitrogens with zero attached hydrogens (tertiary/aromatic N) is 2. The van der Waals surface area contributed by atoms with Gasteiger partial charge in [-0.15, -0.1) is 0 Å². The molecule has 0 radical (unpaired) electrons. The van der Waals surface area contributed by atoms with Crippen molar-refractivity contribution in [2.24, 2.45) is 0 Å². The number of nitrogens with one attached hydrogen (secondary N) is 1. The van der Waals surface area contributed by atoms with Crippen molar-refractivity contribution in [1.29, 1.82) is 0 Å². The predicted octanol–water partition coefficient (Wildman–Crippen LogP) is 3.42. The summed E-state index contributed by atoms with van der Waals surface area (Å²) in [5, 5.41) is 2.87.